The lowest BCUT2D eigenvalue weighted by Crippen LogP contribution is -1.96. The summed E-state index contributed by atoms with van der Waals surface area (Å²) >= 11 is 0. The van der Waals surface area contributed by atoms with E-state index in [0.29, 0.717) is 5.75 Å². The lowest BCUT2D eigenvalue weighted by atomic mass is 10.2. The van der Waals surface area contributed by atoms with Crippen LogP contribution in [0.15, 0.2) is 18.2 Å². The summed E-state index contributed by atoms with van der Waals surface area (Å²) < 4.78 is 4.79. The molecule has 1 aromatic rings. The van der Waals surface area contributed by atoms with Gasteiger partial charge in [0.1, 0.15) is 5.75 Å². The largest absolute Gasteiger partial charge is 0.496 e. The highest BCUT2D eigenvalue weighted by molar-refractivity contribution is 5.87. The van der Waals surface area contributed by atoms with E-state index in [1.54, 1.807) is 12.1 Å². The molecule has 0 bridgehead atoms. The van der Waals surface area contributed by atoms with E-state index in [4.69, 9.17) is 9.84 Å². The van der Waals surface area contributed by atoms with E-state index in [2.05, 4.69) is 6.07 Å². The second kappa shape index (κ2) is 3.05. The smallest absolute Gasteiger partial charge is 0.336 e. The van der Waals surface area contributed by atoms with Gasteiger partial charge in [-0.15, -0.1) is 0 Å². The Kier molecular flexibility index (Phi) is 2.11. The Morgan fingerprint density at radius 1 is 1.64 bits per heavy atom. The van der Waals surface area contributed by atoms with Gasteiger partial charge >= 0.3 is 5.97 Å². The first-order valence-electron chi connectivity index (χ1n) is 3.03. The molecule has 0 aliphatic rings. The van der Waals surface area contributed by atoms with Gasteiger partial charge in [0.2, 0.25) is 0 Å². The first kappa shape index (κ1) is 7.60. The SMILES string of the molecule is COc1[c]c(C(=O)O)ccc1. The fourth-order valence-corrected chi connectivity index (χ4v) is 0.692. The van der Waals surface area contributed by atoms with E-state index in [-0.39, 0.29) is 5.56 Å². The minimum atomic E-state index is -0.996. The lowest BCUT2D eigenvalue weighted by Gasteiger charge is -1.98. The third kappa shape index (κ3) is 1.70. The Balaban J connectivity index is 3.01. The number of methoxy groups -OCH3 is 1. The van der Waals surface area contributed by atoms with Gasteiger partial charge in [0.15, 0.2) is 0 Å². The zero-order chi connectivity index (χ0) is 8.27. The number of aromatic carboxylic acids is 1. The normalized spacial score (nSPS) is 9.18. The van der Waals surface area contributed by atoms with Crippen molar-refractivity contribution >= 4 is 5.97 Å². The van der Waals surface area contributed by atoms with Crippen molar-refractivity contribution in [3.8, 4) is 5.75 Å². The minimum Gasteiger partial charge on any atom is -0.496 e. The van der Waals surface area contributed by atoms with Gasteiger partial charge < -0.3 is 9.84 Å². The molecular formula is C8H7O3. The number of carbonyl (C=O) groups is 1. The van der Waals surface area contributed by atoms with E-state index in [9.17, 15) is 4.79 Å². The molecule has 3 heteroatoms. The molecule has 0 saturated carbocycles. The summed E-state index contributed by atoms with van der Waals surface area (Å²) in [5.41, 5.74) is 0.115. The number of carboxylic acids is 1. The zero-order valence-electron chi connectivity index (χ0n) is 6.00. The van der Waals surface area contributed by atoms with Crippen LogP contribution in [0.1, 0.15) is 10.4 Å². The molecule has 0 spiro atoms. The summed E-state index contributed by atoms with van der Waals surface area (Å²) in [7, 11) is 1.47. The maximum absolute atomic E-state index is 10.4. The van der Waals surface area contributed by atoms with Gasteiger partial charge in [-0.25, -0.2) is 4.79 Å². The van der Waals surface area contributed by atoms with Gasteiger partial charge in [0, 0.05) is 6.07 Å². The van der Waals surface area contributed by atoms with Crippen LogP contribution in [0.3, 0.4) is 0 Å². The van der Waals surface area contributed by atoms with Crippen LogP contribution in [0.4, 0.5) is 0 Å². The Hall–Kier alpha value is -1.51. The van der Waals surface area contributed by atoms with Gasteiger partial charge in [-0.3, -0.25) is 0 Å². The van der Waals surface area contributed by atoms with E-state index >= 15 is 0 Å². The number of hydrogen-bond acceptors (Lipinski definition) is 2. The average molecular weight is 151 g/mol. The highest BCUT2D eigenvalue weighted by atomic mass is 16.5. The Labute approximate surface area is 64.2 Å². The molecule has 3 nitrogen and oxygen atoms in total. The number of rotatable bonds is 2. The van der Waals surface area contributed by atoms with Crippen LogP contribution in [0.2, 0.25) is 0 Å². The van der Waals surface area contributed by atoms with Crippen LogP contribution in [-0.2, 0) is 0 Å². The van der Waals surface area contributed by atoms with Crippen molar-refractivity contribution in [3.63, 3.8) is 0 Å². The van der Waals surface area contributed by atoms with Crippen LogP contribution in [0.5, 0.6) is 5.75 Å². The standard InChI is InChI=1S/C8H7O3/c1-11-7-4-2-3-6(5-7)8(9)10/h2-4H,1H3,(H,9,10). The molecule has 57 valence electrons. The molecule has 0 saturated heterocycles. The molecular weight excluding hydrogens is 144 g/mol. The predicted octanol–water partition coefficient (Wildman–Crippen LogP) is 1.19. The number of carboxylic acid groups (broad SMARTS) is 1. The van der Waals surface area contributed by atoms with Gasteiger partial charge in [-0.2, -0.15) is 0 Å². The van der Waals surface area contributed by atoms with E-state index in [0.717, 1.165) is 0 Å². The van der Waals surface area contributed by atoms with Gasteiger partial charge in [-0.1, -0.05) is 6.07 Å². The number of benzene rings is 1. The summed E-state index contributed by atoms with van der Waals surface area (Å²) in [6.45, 7) is 0. The third-order valence-electron chi connectivity index (χ3n) is 1.22. The van der Waals surface area contributed by atoms with Crippen molar-refractivity contribution in [1.82, 2.24) is 0 Å². The zero-order valence-corrected chi connectivity index (χ0v) is 6.00. The predicted molar refractivity (Wildman–Crippen MR) is 38.8 cm³/mol. The van der Waals surface area contributed by atoms with Gasteiger partial charge in [0.05, 0.1) is 12.7 Å². The molecule has 0 aromatic heterocycles. The minimum absolute atomic E-state index is 0.115. The molecule has 0 aliphatic carbocycles. The lowest BCUT2D eigenvalue weighted by molar-refractivity contribution is 0.0696. The number of ether oxygens (including phenoxy) is 1. The highest BCUT2D eigenvalue weighted by Crippen LogP contribution is 2.10. The molecule has 0 heterocycles. The molecule has 11 heavy (non-hydrogen) atoms. The van der Waals surface area contributed by atoms with Crippen molar-refractivity contribution in [2.45, 2.75) is 0 Å². The first-order valence-corrected chi connectivity index (χ1v) is 3.03. The summed E-state index contributed by atoms with van der Waals surface area (Å²) in [6, 6.07) is 7.29. The molecule has 1 N–H and O–H groups in total. The Morgan fingerprint density at radius 3 is 2.91 bits per heavy atom. The van der Waals surface area contributed by atoms with Crippen LogP contribution in [-0.4, -0.2) is 18.2 Å². The van der Waals surface area contributed by atoms with E-state index in [1.165, 1.54) is 13.2 Å². The van der Waals surface area contributed by atoms with Crippen molar-refractivity contribution in [1.29, 1.82) is 0 Å². The van der Waals surface area contributed by atoms with Gasteiger partial charge in [0.25, 0.3) is 0 Å². The fraction of sp³-hybridized carbons (Fsp3) is 0.125. The summed E-state index contributed by atoms with van der Waals surface area (Å²) in [4.78, 5) is 10.4. The van der Waals surface area contributed by atoms with Gasteiger partial charge in [-0.05, 0) is 12.1 Å². The van der Waals surface area contributed by atoms with Crippen molar-refractivity contribution < 1.29 is 14.6 Å². The molecule has 1 aromatic carbocycles. The van der Waals surface area contributed by atoms with E-state index in [1.807, 2.05) is 0 Å². The maximum Gasteiger partial charge on any atom is 0.336 e. The molecule has 0 fully saturated rings. The maximum atomic E-state index is 10.4. The molecule has 0 atom stereocenters. The summed E-state index contributed by atoms with van der Waals surface area (Å²) in [5.74, 6) is -0.561. The Bertz CT molecular complexity index is 268. The Morgan fingerprint density at radius 2 is 2.36 bits per heavy atom. The van der Waals surface area contributed by atoms with Crippen LogP contribution in [0, 0.1) is 6.07 Å². The second-order valence-corrected chi connectivity index (χ2v) is 1.94. The number of hydrogen-bond donors (Lipinski definition) is 1. The molecule has 1 radical (unpaired) electrons. The third-order valence-corrected chi connectivity index (χ3v) is 1.22. The molecule has 0 aliphatic heterocycles. The van der Waals surface area contributed by atoms with Crippen LogP contribution >= 0.6 is 0 Å². The average Bonchev–Trinajstić information content (AvgIpc) is 2.05. The molecule has 1 rings (SSSR count). The van der Waals surface area contributed by atoms with E-state index < -0.39 is 5.97 Å². The van der Waals surface area contributed by atoms with Crippen molar-refractivity contribution in [2.24, 2.45) is 0 Å². The van der Waals surface area contributed by atoms with Crippen molar-refractivity contribution in [2.75, 3.05) is 7.11 Å². The van der Waals surface area contributed by atoms with Crippen molar-refractivity contribution in [3.05, 3.63) is 29.8 Å². The molecule has 0 amide bonds. The fourth-order valence-electron chi connectivity index (χ4n) is 0.692. The summed E-state index contributed by atoms with van der Waals surface area (Å²) in [6.07, 6.45) is 0. The van der Waals surface area contributed by atoms with Crippen LogP contribution < -0.4 is 4.74 Å². The quantitative estimate of drug-likeness (QED) is 0.690. The topological polar surface area (TPSA) is 46.5 Å². The van der Waals surface area contributed by atoms with Crippen LogP contribution in [0.25, 0.3) is 0 Å². The summed E-state index contributed by atoms with van der Waals surface area (Å²) in [5, 5.41) is 8.52. The first-order chi connectivity index (χ1) is 5.24. The monoisotopic (exact) mass is 151 g/mol. The molecule has 0 unspecified atom stereocenters. The highest BCUT2D eigenvalue weighted by Gasteiger charge is 2.02. The second-order valence-electron chi connectivity index (χ2n) is 1.94.